The topological polar surface area (TPSA) is 92.9 Å². The molecule has 4 N–H and O–H groups in total. The minimum absolute atomic E-state index is 0.116. The summed E-state index contributed by atoms with van der Waals surface area (Å²) in [6.45, 7) is 1.91. The molecule has 1 atom stereocenters. The smallest absolute Gasteiger partial charge is 0.254 e. The van der Waals surface area contributed by atoms with Crippen molar-refractivity contribution in [2.75, 3.05) is 5.43 Å². The third-order valence-corrected chi connectivity index (χ3v) is 2.77. The van der Waals surface area contributed by atoms with E-state index in [-0.39, 0.29) is 11.9 Å². The van der Waals surface area contributed by atoms with E-state index in [1.54, 1.807) is 24.7 Å². The molecule has 0 aliphatic heterocycles. The van der Waals surface area contributed by atoms with Crippen molar-refractivity contribution in [2.45, 2.75) is 13.0 Å². The average molecular weight is 257 g/mol. The summed E-state index contributed by atoms with van der Waals surface area (Å²) in [4.78, 5) is 20.0. The molecule has 19 heavy (non-hydrogen) atoms. The van der Waals surface area contributed by atoms with Gasteiger partial charge >= 0.3 is 0 Å². The number of nitrogen functional groups attached to an aromatic ring is 1. The van der Waals surface area contributed by atoms with Crippen LogP contribution in [0.2, 0.25) is 0 Å². The molecule has 2 heterocycles. The van der Waals surface area contributed by atoms with Gasteiger partial charge in [0.05, 0.1) is 23.5 Å². The molecule has 0 spiro atoms. The van der Waals surface area contributed by atoms with Crippen LogP contribution in [0.15, 0.2) is 43.0 Å². The van der Waals surface area contributed by atoms with E-state index in [1.165, 1.54) is 6.20 Å². The Morgan fingerprint density at radius 3 is 2.58 bits per heavy atom. The van der Waals surface area contributed by atoms with Crippen molar-refractivity contribution in [3.63, 3.8) is 0 Å². The average Bonchev–Trinajstić information content (AvgIpc) is 2.48. The van der Waals surface area contributed by atoms with Crippen molar-refractivity contribution < 1.29 is 4.79 Å². The van der Waals surface area contributed by atoms with E-state index < -0.39 is 0 Å². The van der Waals surface area contributed by atoms with Gasteiger partial charge in [0.1, 0.15) is 0 Å². The maximum Gasteiger partial charge on any atom is 0.254 e. The third-order valence-electron chi connectivity index (χ3n) is 2.77. The number of anilines is 1. The Morgan fingerprint density at radius 2 is 1.89 bits per heavy atom. The molecule has 1 unspecified atom stereocenters. The van der Waals surface area contributed by atoms with Crippen molar-refractivity contribution in [2.24, 2.45) is 5.84 Å². The van der Waals surface area contributed by atoms with Crippen molar-refractivity contribution in [1.82, 2.24) is 15.3 Å². The molecule has 0 saturated carbocycles. The fraction of sp³-hybridized carbons (Fsp3) is 0.154. The molecule has 0 radical (unpaired) electrons. The van der Waals surface area contributed by atoms with Gasteiger partial charge in [-0.05, 0) is 30.7 Å². The first-order valence-corrected chi connectivity index (χ1v) is 5.83. The molecule has 0 aliphatic carbocycles. The Balaban J connectivity index is 2.13. The summed E-state index contributed by atoms with van der Waals surface area (Å²) in [6, 6.07) is 5.22. The van der Waals surface area contributed by atoms with Gasteiger partial charge in [-0.2, -0.15) is 0 Å². The quantitative estimate of drug-likeness (QED) is 0.566. The first-order valence-electron chi connectivity index (χ1n) is 5.83. The maximum absolute atomic E-state index is 12.2. The van der Waals surface area contributed by atoms with Gasteiger partial charge in [0.15, 0.2) is 0 Å². The van der Waals surface area contributed by atoms with Crippen LogP contribution in [-0.2, 0) is 0 Å². The summed E-state index contributed by atoms with van der Waals surface area (Å²) in [5, 5.41) is 2.90. The van der Waals surface area contributed by atoms with Crippen LogP contribution in [0, 0.1) is 0 Å². The molecular formula is C13H15N5O. The van der Waals surface area contributed by atoms with Crippen LogP contribution in [0.5, 0.6) is 0 Å². The lowest BCUT2D eigenvalue weighted by atomic mass is 10.1. The number of amides is 1. The molecule has 0 aromatic carbocycles. The second kappa shape index (κ2) is 5.92. The van der Waals surface area contributed by atoms with E-state index in [0.717, 1.165) is 5.56 Å². The molecule has 0 fully saturated rings. The monoisotopic (exact) mass is 257 g/mol. The summed E-state index contributed by atoms with van der Waals surface area (Å²) in [5.41, 5.74) is 4.39. The summed E-state index contributed by atoms with van der Waals surface area (Å²) < 4.78 is 0. The first-order chi connectivity index (χ1) is 9.22. The predicted octanol–water partition coefficient (Wildman–Crippen LogP) is 1.25. The molecule has 6 heteroatoms. The number of hydrogen-bond donors (Lipinski definition) is 3. The predicted molar refractivity (Wildman–Crippen MR) is 72.2 cm³/mol. The van der Waals surface area contributed by atoms with Crippen LogP contribution in [0.1, 0.15) is 28.9 Å². The van der Waals surface area contributed by atoms with Crippen LogP contribution in [0.4, 0.5) is 5.69 Å². The van der Waals surface area contributed by atoms with Gasteiger partial charge in [-0.3, -0.25) is 20.6 Å². The zero-order valence-corrected chi connectivity index (χ0v) is 10.5. The number of nitrogens with one attached hydrogen (secondary N) is 2. The summed E-state index contributed by atoms with van der Waals surface area (Å²) in [5.74, 6) is 5.14. The van der Waals surface area contributed by atoms with Gasteiger partial charge in [0.25, 0.3) is 5.91 Å². The van der Waals surface area contributed by atoms with E-state index in [0.29, 0.717) is 11.3 Å². The highest BCUT2D eigenvalue weighted by Gasteiger charge is 2.14. The molecule has 0 aliphatic rings. The second-order valence-corrected chi connectivity index (χ2v) is 4.04. The number of hydrogen-bond acceptors (Lipinski definition) is 5. The Morgan fingerprint density at radius 1 is 1.21 bits per heavy atom. The number of hydrazine groups is 1. The van der Waals surface area contributed by atoms with Gasteiger partial charge in [-0.1, -0.05) is 0 Å². The molecule has 2 rings (SSSR count). The number of nitrogens with two attached hydrogens (primary N) is 1. The van der Waals surface area contributed by atoms with Crippen LogP contribution < -0.4 is 16.6 Å². The van der Waals surface area contributed by atoms with Crippen LogP contribution in [0.25, 0.3) is 0 Å². The number of carbonyl (C=O) groups excluding carboxylic acids is 1. The van der Waals surface area contributed by atoms with E-state index in [2.05, 4.69) is 20.7 Å². The highest BCUT2D eigenvalue weighted by molar-refractivity contribution is 5.99. The molecule has 2 aromatic heterocycles. The Labute approximate surface area is 111 Å². The first kappa shape index (κ1) is 13.0. The number of nitrogens with zero attached hydrogens (tertiary/aromatic N) is 2. The van der Waals surface area contributed by atoms with Crippen molar-refractivity contribution in [3.8, 4) is 0 Å². The molecule has 1 amide bonds. The second-order valence-electron chi connectivity index (χ2n) is 4.04. The Bertz CT molecular complexity index is 558. The molecule has 98 valence electrons. The minimum atomic E-state index is -0.209. The number of aromatic nitrogens is 2. The third kappa shape index (κ3) is 3.05. The van der Waals surface area contributed by atoms with E-state index in [1.807, 2.05) is 19.1 Å². The number of carbonyl (C=O) groups is 1. The fourth-order valence-corrected chi connectivity index (χ4v) is 1.72. The van der Waals surface area contributed by atoms with Crippen LogP contribution >= 0.6 is 0 Å². The Kier molecular flexibility index (Phi) is 4.04. The van der Waals surface area contributed by atoms with Crippen molar-refractivity contribution in [3.05, 3.63) is 54.1 Å². The van der Waals surface area contributed by atoms with Crippen LogP contribution in [0.3, 0.4) is 0 Å². The lowest BCUT2D eigenvalue weighted by Crippen LogP contribution is -2.28. The standard InChI is InChI=1S/C13H15N5O/c1-9(10-2-5-15-6-3-10)17-13(19)11-4-7-16-8-12(11)18-14/h2-9,18H,14H2,1H3,(H,17,19). The largest absolute Gasteiger partial charge is 0.345 e. The lowest BCUT2D eigenvalue weighted by molar-refractivity contribution is 0.0940. The summed E-state index contributed by atoms with van der Waals surface area (Å²) in [7, 11) is 0. The number of pyridine rings is 2. The fourth-order valence-electron chi connectivity index (χ4n) is 1.72. The molecule has 6 nitrogen and oxygen atoms in total. The summed E-state index contributed by atoms with van der Waals surface area (Å²) >= 11 is 0. The molecular weight excluding hydrogens is 242 g/mol. The SMILES string of the molecule is CC(NC(=O)c1ccncc1NN)c1ccncc1. The van der Waals surface area contributed by atoms with Gasteiger partial charge in [0, 0.05) is 18.6 Å². The van der Waals surface area contributed by atoms with E-state index in [4.69, 9.17) is 5.84 Å². The van der Waals surface area contributed by atoms with Crippen molar-refractivity contribution >= 4 is 11.6 Å². The normalized spacial score (nSPS) is 11.7. The molecule has 0 bridgehead atoms. The molecule has 2 aromatic rings. The summed E-state index contributed by atoms with van der Waals surface area (Å²) in [6.07, 6.45) is 6.44. The van der Waals surface area contributed by atoms with Gasteiger partial charge in [-0.25, -0.2) is 0 Å². The highest BCUT2D eigenvalue weighted by atomic mass is 16.1. The van der Waals surface area contributed by atoms with Crippen LogP contribution in [-0.4, -0.2) is 15.9 Å². The van der Waals surface area contributed by atoms with Gasteiger partial charge < -0.3 is 10.7 Å². The lowest BCUT2D eigenvalue weighted by Gasteiger charge is -2.15. The zero-order valence-electron chi connectivity index (χ0n) is 10.5. The van der Waals surface area contributed by atoms with Crippen molar-refractivity contribution in [1.29, 1.82) is 0 Å². The minimum Gasteiger partial charge on any atom is -0.345 e. The van der Waals surface area contributed by atoms with E-state index >= 15 is 0 Å². The maximum atomic E-state index is 12.2. The number of rotatable bonds is 4. The van der Waals surface area contributed by atoms with Gasteiger partial charge in [0.2, 0.25) is 0 Å². The highest BCUT2D eigenvalue weighted by Crippen LogP contribution is 2.15. The zero-order chi connectivity index (χ0) is 13.7. The molecule has 0 saturated heterocycles. The Hall–Kier alpha value is -2.47. The van der Waals surface area contributed by atoms with E-state index in [9.17, 15) is 4.79 Å². The van der Waals surface area contributed by atoms with Gasteiger partial charge in [-0.15, -0.1) is 0 Å².